The number of thiophene rings is 2. The Balaban J connectivity index is 0.000000137. The highest BCUT2D eigenvalue weighted by molar-refractivity contribution is 7.26. The van der Waals surface area contributed by atoms with Gasteiger partial charge < -0.3 is 8.83 Å². The third-order valence-corrected chi connectivity index (χ3v) is 18.6. The van der Waals surface area contributed by atoms with Gasteiger partial charge in [0.1, 0.15) is 22.3 Å². The zero-order valence-electron chi connectivity index (χ0n) is 46.9. The summed E-state index contributed by atoms with van der Waals surface area (Å²) in [6.45, 7) is 0. The Morgan fingerprint density at radius 1 is 0.205 bits per heavy atom. The molecule has 6 aromatic heterocycles. The lowest BCUT2D eigenvalue weighted by Crippen LogP contribution is -2.00. The maximum Gasteiger partial charge on any atom is 0.164 e. The molecule has 0 saturated carbocycles. The second kappa shape index (κ2) is 21.3. The molecule has 12 aromatic carbocycles. The molecule has 0 bridgehead atoms. The summed E-state index contributed by atoms with van der Waals surface area (Å²) < 4.78 is 18.0. The molecule has 0 aliphatic rings. The molecule has 412 valence electrons. The van der Waals surface area contributed by atoms with Gasteiger partial charge in [-0.2, -0.15) is 0 Å². The van der Waals surface area contributed by atoms with E-state index in [0.29, 0.717) is 34.9 Å². The molecular weight excluding hydrogens is 1120 g/mol. The number of hydrogen-bond donors (Lipinski definition) is 0. The average molecular weight is 1160 g/mol. The highest BCUT2D eigenvalue weighted by Gasteiger charge is 2.19. The average Bonchev–Trinajstić information content (AvgIpc) is 3.27. The Labute approximate surface area is 512 Å². The number of hydrogen-bond acceptors (Lipinski definition) is 10. The first-order chi connectivity index (χ1) is 43.5. The lowest BCUT2D eigenvalue weighted by molar-refractivity contribution is 0.668. The van der Waals surface area contributed by atoms with E-state index in [4.69, 9.17) is 38.7 Å². The Kier molecular flexibility index (Phi) is 12.4. The fraction of sp³-hybridized carbons (Fsp3) is 0. The van der Waals surface area contributed by atoms with Crippen molar-refractivity contribution in [3.8, 4) is 90.6 Å². The summed E-state index contributed by atoms with van der Waals surface area (Å²) in [6.07, 6.45) is 0. The predicted octanol–water partition coefficient (Wildman–Crippen LogP) is 21.6. The molecule has 6 heterocycles. The SMILES string of the molecule is c1ccc(-c2nc(-c3ccccc3)nc(-c3ccc4c(c3)oc3ccc(-c5ccc6c(c5)sc5ccccc56)cc34)n2)cc1.c1ccc(-c2nc(-c3ccccc3)nc(-c3ccc4c(c3)oc3ccc(-c5cccc6c5sc5ccccc56)cc34)n2)cc1. The number of nitrogens with zero attached hydrogens (tertiary/aromatic N) is 6. The number of rotatable bonds is 8. The molecule has 0 atom stereocenters. The van der Waals surface area contributed by atoms with Crippen LogP contribution in [-0.4, -0.2) is 29.9 Å². The largest absolute Gasteiger partial charge is 0.456 e. The second-order valence-corrected chi connectivity index (χ2v) is 23.9. The standard InChI is InChI=1S/2C39H23N3OS/c1-3-10-24(11-4-1)37-40-38(25-12-5-2-6-13-25)42-39(41-37)27-18-20-29-32-22-26(19-21-33(32)43-34(29)23-27)28-15-9-16-31-30-14-7-8-17-35(30)44-36(28)31;1-3-9-24(10-4-1)37-40-38(25-11-5-2-6-12-25)42-39(41-37)28-16-18-29-32-21-26(17-20-33(32)43-34(29)22-28)27-15-19-31-30-13-7-8-14-35(30)44-36(31)23-27/h2*1-23H. The molecule has 8 nitrogen and oxygen atoms in total. The van der Waals surface area contributed by atoms with Gasteiger partial charge in [-0.15, -0.1) is 22.7 Å². The first kappa shape index (κ1) is 51.1. The normalized spacial score (nSPS) is 11.6. The molecule has 0 spiro atoms. The van der Waals surface area contributed by atoms with Crippen molar-refractivity contribution in [1.82, 2.24) is 29.9 Å². The molecule has 0 unspecified atom stereocenters. The van der Waals surface area contributed by atoms with Crippen molar-refractivity contribution in [3.63, 3.8) is 0 Å². The Hall–Kier alpha value is -11.3. The van der Waals surface area contributed by atoms with E-state index in [9.17, 15) is 0 Å². The van der Waals surface area contributed by atoms with E-state index >= 15 is 0 Å². The maximum absolute atomic E-state index is 6.40. The fourth-order valence-electron chi connectivity index (χ4n) is 11.9. The van der Waals surface area contributed by atoms with E-state index in [-0.39, 0.29) is 0 Å². The summed E-state index contributed by atoms with van der Waals surface area (Å²) in [5.41, 5.74) is 13.6. The highest BCUT2D eigenvalue weighted by Crippen LogP contribution is 2.43. The Bertz CT molecular complexity index is 5590. The molecule has 0 aliphatic carbocycles. The fourth-order valence-corrected chi connectivity index (χ4v) is 14.3. The van der Waals surface area contributed by atoms with Crippen LogP contribution in [0.25, 0.3) is 175 Å². The summed E-state index contributed by atoms with van der Waals surface area (Å²) in [6, 6.07) is 96.1. The first-order valence-electron chi connectivity index (χ1n) is 29.0. The Morgan fingerprint density at radius 3 is 1.08 bits per heavy atom. The third-order valence-electron chi connectivity index (χ3n) is 16.3. The zero-order chi connectivity index (χ0) is 58.1. The van der Waals surface area contributed by atoms with Gasteiger partial charge in [0.15, 0.2) is 34.9 Å². The van der Waals surface area contributed by atoms with Gasteiger partial charge in [0.2, 0.25) is 0 Å². The lowest BCUT2D eigenvalue weighted by Gasteiger charge is -2.08. The summed E-state index contributed by atoms with van der Waals surface area (Å²) in [7, 11) is 0. The number of furan rings is 2. The van der Waals surface area contributed by atoms with Crippen LogP contribution in [0.4, 0.5) is 0 Å². The van der Waals surface area contributed by atoms with Crippen LogP contribution in [0.5, 0.6) is 0 Å². The monoisotopic (exact) mass is 1160 g/mol. The van der Waals surface area contributed by atoms with Gasteiger partial charge >= 0.3 is 0 Å². The number of benzene rings is 12. The van der Waals surface area contributed by atoms with E-state index in [0.717, 1.165) is 77.3 Å². The van der Waals surface area contributed by atoms with Gasteiger partial charge in [0.25, 0.3) is 0 Å². The van der Waals surface area contributed by atoms with Crippen molar-refractivity contribution < 1.29 is 8.83 Å². The van der Waals surface area contributed by atoms with E-state index in [2.05, 4.69) is 146 Å². The van der Waals surface area contributed by atoms with Crippen LogP contribution in [0.15, 0.2) is 288 Å². The van der Waals surface area contributed by atoms with E-state index < -0.39 is 0 Å². The van der Waals surface area contributed by atoms with Crippen molar-refractivity contribution in [2.45, 2.75) is 0 Å². The number of fused-ring (bicyclic) bond motifs is 12. The minimum absolute atomic E-state index is 0.609. The third kappa shape index (κ3) is 9.23. The van der Waals surface area contributed by atoms with Crippen LogP contribution in [0, 0.1) is 0 Å². The van der Waals surface area contributed by atoms with E-state index in [1.54, 1.807) is 0 Å². The van der Waals surface area contributed by atoms with Crippen molar-refractivity contribution in [1.29, 1.82) is 0 Å². The van der Waals surface area contributed by atoms with Crippen molar-refractivity contribution in [3.05, 3.63) is 279 Å². The number of aromatic nitrogens is 6. The quantitative estimate of drug-likeness (QED) is 0.148. The molecule has 18 aromatic rings. The maximum atomic E-state index is 6.40. The molecule has 0 N–H and O–H groups in total. The summed E-state index contributed by atoms with van der Waals surface area (Å²) in [5, 5.41) is 9.53. The van der Waals surface area contributed by atoms with Crippen LogP contribution in [0.2, 0.25) is 0 Å². The molecule has 0 saturated heterocycles. The molecule has 0 radical (unpaired) electrons. The van der Waals surface area contributed by atoms with Crippen molar-refractivity contribution >= 4 is 107 Å². The van der Waals surface area contributed by atoms with Gasteiger partial charge in [-0.25, -0.2) is 29.9 Å². The molecule has 0 amide bonds. The highest BCUT2D eigenvalue weighted by atomic mass is 32.1. The van der Waals surface area contributed by atoms with Crippen molar-refractivity contribution in [2.24, 2.45) is 0 Å². The molecule has 18 rings (SSSR count). The van der Waals surface area contributed by atoms with Gasteiger partial charge in [0.05, 0.1) is 0 Å². The molecule has 0 fully saturated rings. The summed E-state index contributed by atoms with van der Waals surface area (Å²) in [5.74, 6) is 3.77. The van der Waals surface area contributed by atoms with E-state index in [1.165, 1.54) is 62.6 Å². The van der Waals surface area contributed by atoms with Crippen LogP contribution in [0.1, 0.15) is 0 Å². The predicted molar refractivity (Wildman–Crippen MR) is 363 cm³/mol. The van der Waals surface area contributed by atoms with Crippen molar-refractivity contribution in [2.75, 3.05) is 0 Å². The Morgan fingerprint density at radius 2 is 0.568 bits per heavy atom. The zero-order valence-corrected chi connectivity index (χ0v) is 48.5. The smallest absolute Gasteiger partial charge is 0.164 e. The molecule has 0 aliphatic heterocycles. The van der Waals surface area contributed by atoms with Gasteiger partial charge in [0, 0.05) is 95.3 Å². The molecular formula is C78H46N6O2S2. The first-order valence-corrected chi connectivity index (χ1v) is 30.7. The molecule has 10 heteroatoms. The van der Waals surface area contributed by atoms with E-state index in [1.807, 2.05) is 156 Å². The minimum Gasteiger partial charge on any atom is -0.456 e. The van der Waals surface area contributed by atoms with Crippen LogP contribution in [-0.2, 0) is 0 Å². The summed E-state index contributed by atoms with van der Waals surface area (Å²) in [4.78, 5) is 29.2. The second-order valence-electron chi connectivity index (χ2n) is 21.7. The minimum atomic E-state index is 0.609. The van der Waals surface area contributed by atoms with Gasteiger partial charge in [-0.3, -0.25) is 0 Å². The summed E-state index contributed by atoms with van der Waals surface area (Å²) >= 11 is 3.69. The lowest BCUT2D eigenvalue weighted by atomic mass is 10.0. The topological polar surface area (TPSA) is 104 Å². The van der Waals surface area contributed by atoms with Gasteiger partial charge in [-0.1, -0.05) is 212 Å². The van der Waals surface area contributed by atoms with Crippen LogP contribution in [0.3, 0.4) is 0 Å². The van der Waals surface area contributed by atoms with Crippen LogP contribution < -0.4 is 0 Å². The van der Waals surface area contributed by atoms with Gasteiger partial charge in [-0.05, 0) is 89.0 Å². The molecule has 88 heavy (non-hydrogen) atoms. The van der Waals surface area contributed by atoms with Crippen LogP contribution >= 0.6 is 22.7 Å².